The minimum absolute atomic E-state index is 0.00452. The molecule has 2 heterocycles. The predicted molar refractivity (Wildman–Crippen MR) is 90.2 cm³/mol. The van der Waals surface area contributed by atoms with Gasteiger partial charge in [0, 0.05) is 32.3 Å². The fourth-order valence-corrected chi connectivity index (χ4v) is 2.96. The molecule has 126 valence electrons. The van der Waals surface area contributed by atoms with Crippen molar-refractivity contribution < 1.29 is 9.59 Å². The second-order valence-electron chi connectivity index (χ2n) is 6.22. The van der Waals surface area contributed by atoms with Gasteiger partial charge in [0.25, 0.3) is 5.91 Å². The van der Waals surface area contributed by atoms with Gasteiger partial charge in [0.2, 0.25) is 5.91 Å². The Morgan fingerprint density at radius 1 is 1.39 bits per heavy atom. The Hall–Kier alpha value is -1.91. The third-order valence-corrected chi connectivity index (χ3v) is 4.32. The van der Waals surface area contributed by atoms with Crippen LogP contribution in [-0.4, -0.2) is 41.3 Å². The largest absolute Gasteiger partial charge is 0.356 e. The summed E-state index contributed by atoms with van der Waals surface area (Å²) in [4.78, 5) is 30.3. The molecule has 1 N–H and O–H groups in total. The Balaban J connectivity index is 1.92. The topological polar surface area (TPSA) is 62.3 Å². The van der Waals surface area contributed by atoms with Crippen LogP contribution in [0, 0.1) is 5.92 Å². The number of hydrogen-bond donors (Lipinski definition) is 1. The fraction of sp³-hybridized carbons (Fsp3) is 0.611. The molecular formula is C18H27N3O2. The summed E-state index contributed by atoms with van der Waals surface area (Å²) in [5.74, 6) is 0.445. The maximum absolute atomic E-state index is 12.6. The molecule has 1 aromatic heterocycles. The Labute approximate surface area is 138 Å². The van der Waals surface area contributed by atoms with Crippen LogP contribution in [0.1, 0.15) is 55.6 Å². The van der Waals surface area contributed by atoms with Crippen LogP contribution in [0.3, 0.4) is 0 Å². The highest BCUT2D eigenvalue weighted by Crippen LogP contribution is 2.18. The standard InChI is InChI=1S/C18H27N3O2/c1-3-6-17(22)20-12-15-7-5-10-21(13-15)18(23)16-11-14(4-2)8-9-19-16/h8-9,11,15H,3-7,10,12-13H2,1-2H3,(H,20,22). The average Bonchev–Trinajstić information content (AvgIpc) is 2.60. The molecule has 5 nitrogen and oxygen atoms in total. The lowest BCUT2D eigenvalue weighted by atomic mass is 9.97. The molecule has 0 bridgehead atoms. The maximum Gasteiger partial charge on any atom is 0.272 e. The number of aryl methyl sites for hydroxylation is 1. The molecule has 23 heavy (non-hydrogen) atoms. The van der Waals surface area contributed by atoms with Gasteiger partial charge in [0.05, 0.1) is 0 Å². The van der Waals surface area contributed by atoms with Gasteiger partial charge in [0.15, 0.2) is 0 Å². The lowest BCUT2D eigenvalue weighted by molar-refractivity contribution is -0.121. The fourth-order valence-electron chi connectivity index (χ4n) is 2.96. The van der Waals surface area contributed by atoms with Crippen molar-refractivity contribution in [3.8, 4) is 0 Å². The summed E-state index contributed by atoms with van der Waals surface area (Å²) in [6.07, 6.45) is 6.07. The minimum Gasteiger partial charge on any atom is -0.356 e. The number of rotatable bonds is 6. The van der Waals surface area contributed by atoms with E-state index in [2.05, 4.69) is 17.2 Å². The molecule has 1 saturated heterocycles. The first-order chi connectivity index (χ1) is 11.1. The van der Waals surface area contributed by atoms with E-state index in [1.54, 1.807) is 6.20 Å². The highest BCUT2D eigenvalue weighted by atomic mass is 16.2. The zero-order valence-electron chi connectivity index (χ0n) is 14.2. The number of pyridine rings is 1. The van der Waals surface area contributed by atoms with E-state index in [-0.39, 0.29) is 11.8 Å². The van der Waals surface area contributed by atoms with Crippen molar-refractivity contribution in [1.29, 1.82) is 0 Å². The van der Waals surface area contributed by atoms with Crippen LogP contribution in [0.2, 0.25) is 0 Å². The molecule has 1 fully saturated rings. The van der Waals surface area contributed by atoms with Crippen LogP contribution in [-0.2, 0) is 11.2 Å². The minimum atomic E-state index is 0.00452. The number of hydrogen-bond acceptors (Lipinski definition) is 3. The van der Waals surface area contributed by atoms with E-state index < -0.39 is 0 Å². The third kappa shape index (κ3) is 5.05. The lowest BCUT2D eigenvalue weighted by Gasteiger charge is -2.32. The number of aromatic nitrogens is 1. The third-order valence-electron chi connectivity index (χ3n) is 4.32. The normalized spacial score (nSPS) is 17.8. The highest BCUT2D eigenvalue weighted by Gasteiger charge is 2.25. The van der Waals surface area contributed by atoms with Gasteiger partial charge in [-0.25, -0.2) is 0 Å². The molecule has 1 aliphatic heterocycles. The molecule has 2 amide bonds. The summed E-state index contributed by atoms with van der Waals surface area (Å²) in [5, 5.41) is 2.98. The monoisotopic (exact) mass is 317 g/mol. The molecule has 2 rings (SSSR count). The molecule has 0 spiro atoms. The van der Waals surface area contributed by atoms with Crippen LogP contribution < -0.4 is 5.32 Å². The molecule has 1 aromatic rings. The number of carbonyl (C=O) groups excluding carboxylic acids is 2. The van der Waals surface area contributed by atoms with E-state index in [0.29, 0.717) is 31.1 Å². The summed E-state index contributed by atoms with van der Waals surface area (Å²) in [6, 6.07) is 3.83. The van der Waals surface area contributed by atoms with Crippen molar-refractivity contribution >= 4 is 11.8 Å². The predicted octanol–water partition coefficient (Wildman–Crippen LogP) is 2.41. The van der Waals surface area contributed by atoms with Gasteiger partial charge in [-0.15, -0.1) is 0 Å². The van der Waals surface area contributed by atoms with E-state index in [1.807, 2.05) is 24.0 Å². The first-order valence-corrected chi connectivity index (χ1v) is 8.65. The Morgan fingerprint density at radius 3 is 2.96 bits per heavy atom. The number of likely N-dealkylation sites (tertiary alicyclic amines) is 1. The zero-order valence-corrected chi connectivity index (χ0v) is 14.2. The van der Waals surface area contributed by atoms with Gasteiger partial charge < -0.3 is 10.2 Å². The number of carbonyl (C=O) groups is 2. The van der Waals surface area contributed by atoms with Crippen LogP contribution in [0.4, 0.5) is 0 Å². The van der Waals surface area contributed by atoms with Crippen LogP contribution >= 0.6 is 0 Å². The Kier molecular flexibility index (Phi) is 6.56. The summed E-state index contributed by atoms with van der Waals surface area (Å²) in [7, 11) is 0. The van der Waals surface area contributed by atoms with E-state index in [1.165, 1.54) is 0 Å². The number of amides is 2. The molecule has 5 heteroatoms. The smallest absolute Gasteiger partial charge is 0.272 e. The summed E-state index contributed by atoms with van der Waals surface area (Å²) >= 11 is 0. The second-order valence-corrected chi connectivity index (χ2v) is 6.22. The van der Waals surface area contributed by atoms with Gasteiger partial charge in [-0.3, -0.25) is 14.6 Å². The molecular weight excluding hydrogens is 290 g/mol. The van der Waals surface area contributed by atoms with Crippen molar-refractivity contribution in [2.75, 3.05) is 19.6 Å². The van der Waals surface area contributed by atoms with Crippen LogP contribution in [0.15, 0.2) is 18.3 Å². The maximum atomic E-state index is 12.6. The van der Waals surface area contributed by atoms with E-state index in [4.69, 9.17) is 0 Å². The second kappa shape index (κ2) is 8.65. The lowest BCUT2D eigenvalue weighted by Crippen LogP contribution is -2.44. The van der Waals surface area contributed by atoms with Gasteiger partial charge in [-0.05, 0) is 49.3 Å². The SMILES string of the molecule is CCCC(=O)NCC1CCCN(C(=O)c2cc(CC)ccn2)C1. The summed E-state index contributed by atoms with van der Waals surface area (Å²) < 4.78 is 0. The van der Waals surface area contributed by atoms with E-state index >= 15 is 0 Å². The van der Waals surface area contributed by atoms with Crippen LogP contribution in [0.25, 0.3) is 0 Å². The molecule has 0 aliphatic carbocycles. The van der Waals surface area contributed by atoms with Crippen molar-refractivity contribution in [1.82, 2.24) is 15.2 Å². The Bertz CT molecular complexity index is 545. The average molecular weight is 317 g/mol. The van der Waals surface area contributed by atoms with Crippen molar-refractivity contribution in [3.05, 3.63) is 29.6 Å². The van der Waals surface area contributed by atoms with Gasteiger partial charge in [-0.2, -0.15) is 0 Å². The number of nitrogens with zero attached hydrogens (tertiary/aromatic N) is 2. The highest BCUT2D eigenvalue weighted by molar-refractivity contribution is 5.92. The zero-order chi connectivity index (χ0) is 16.7. The Morgan fingerprint density at radius 2 is 2.22 bits per heavy atom. The molecule has 1 unspecified atom stereocenters. The van der Waals surface area contributed by atoms with Crippen molar-refractivity contribution in [2.24, 2.45) is 5.92 Å². The number of nitrogens with one attached hydrogen (secondary N) is 1. The molecule has 1 aliphatic rings. The summed E-state index contributed by atoms with van der Waals surface area (Å²) in [6.45, 7) is 6.20. The van der Waals surface area contributed by atoms with Gasteiger partial charge >= 0.3 is 0 Å². The summed E-state index contributed by atoms with van der Waals surface area (Å²) in [5.41, 5.74) is 1.66. The van der Waals surface area contributed by atoms with E-state index in [0.717, 1.165) is 37.8 Å². The first kappa shape index (κ1) is 17.4. The van der Waals surface area contributed by atoms with Crippen LogP contribution in [0.5, 0.6) is 0 Å². The van der Waals surface area contributed by atoms with Crippen molar-refractivity contribution in [3.63, 3.8) is 0 Å². The van der Waals surface area contributed by atoms with E-state index in [9.17, 15) is 9.59 Å². The first-order valence-electron chi connectivity index (χ1n) is 8.65. The quantitative estimate of drug-likeness (QED) is 0.876. The van der Waals surface area contributed by atoms with Gasteiger partial charge in [-0.1, -0.05) is 13.8 Å². The molecule has 1 atom stereocenters. The number of piperidine rings is 1. The van der Waals surface area contributed by atoms with Gasteiger partial charge in [0.1, 0.15) is 5.69 Å². The molecule has 0 radical (unpaired) electrons. The van der Waals surface area contributed by atoms with Crippen molar-refractivity contribution in [2.45, 2.75) is 46.0 Å². The molecule has 0 saturated carbocycles. The molecule has 0 aromatic carbocycles.